The number of nitrogens with zero attached hydrogens (tertiary/aromatic N) is 1. The Morgan fingerprint density at radius 2 is 2.22 bits per heavy atom. The average Bonchev–Trinajstić information content (AvgIpc) is 2.33. The van der Waals surface area contributed by atoms with E-state index >= 15 is 0 Å². The molecule has 0 aromatic carbocycles. The van der Waals surface area contributed by atoms with Crippen molar-refractivity contribution in [2.45, 2.75) is 37.8 Å². The van der Waals surface area contributed by atoms with E-state index in [1.807, 2.05) is 0 Å². The summed E-state index contributed by atoms with van der Waals surface area (Å²) in [6.07, 6.45) is 7.18. The second-order valence-electron chi connectivity index (χ2n) is 2.78. The van der Waals surface area contributed by atoms with E-state index in [2.05, 4.69) is 4.99 Å². The van der Waals surface area contributed by atoms with Crippen LogP contribution in [0.15, 0.2) is 0 Å². The first-order valence-corrected chi connectivity index (χ1v) is 3.64. The molecular weight excluding hydrogens is 114 g/mol. The molecule has 2 nitrogen and oxygen atoms in total. The van der Waals surface area contributed by atoms with Crippen molar-refractivity contribution < 1.29 is 4.74 Å². The Hall–Kier alpha value is -0.530. The van der Waals surface area contributed by atoms with Crippen LogP contribution in [-0.2, 0) is 4.74 Å². The molecule has 2 rings (SSSR count). The standard InChI is InChI=1S/C7H11NO/c1-2-4-7-6(3-1)8-5-9-7/h5-7H,1-4H2/q+1. The van der Waals surface area contributed by atoms with Crippen molar-refractivity contribution in [2.24, 2.45) is 0 Å². The highest BCUT2D eigenvalue weighted by molar-refractivity contribution is 5.48. The fourth-order valence-corrected chi connectivity index (χ4v) is 1.60. The zero-order chi connectivity index (χ0) is 6.10. The molecule has 0 N–H and O–H groups in total. The van der Waals surface area contributed by atoms with E-state index in [0.717, 1.165) is 0 Å². The summed E-state index contributed by atoms with van der Waals surface area (Å²) in [5.74, 6) is 0. The zero-order valence-corrected chi connectivity index (χ0v) is 5.42. The van der Waals surface area contributed by atoms with E-state index in [4.69, 9.17) is 4.74 Å². The molecule has 2 aliphatic rings. The van der Waals surface area contributed by atoms with E-state index in [9.17, 15) is 0 Å². The van der Waals surface area contributed by atoms with Crippen LogP contribution in [0.25, 0.3) is 0 Å². The minimum atomic E-state index is 0.443. The van der Waals surface area contributed by atoms with Gasteiger partial charge < -0.3 is 4.74 Å². The van der Waals surface area contributed by atoms with Crippen LogP contribution in [0.2, 0.25) is 0 Å². The molecule has 0 spiro atoms. The van der Waals surface area contributed by atoms with Crippen LogP contribution in [0.3, 0.4) is 0 Å². The summed E-state index contributed by atoms with van der Waals surface area (Å²) < 4.78 is 5.27. The van der Waals surface area contributed by atoms with Crippen molar-refractivity contribution in [1.29, 1.82) is 0 Å². The van der Waals surface area contributed by atoms with Crippen LogP contribution in [0.1, 0.15) is 25.7 Å². The fraction of sp³-hybridized carbons (Fsp3) is 0.857. The molecule has 1 heterocycles. The number of ether oxygens (including phenoxy) is 1. The minimum Gasteiger partial charge on any atom is -0.435 e. The molecule has 0 aromatic rings. The summed E-state index contributed by atoms with van der Waals surface area (Å²) >= 11 is 0. The topological polar surface area (TPSA) is 23.3 Å². The third-order valence-electron chi connectivity index (χ3n) is 2.16. The van der Waals surface area contributed by atoms with Gasteiger partial charge in [0.1, 0.15) is 0 Å². The minimum absolute atomic E-state index is 0.443. The van der Waals surface area contributed by atoms with E-state index in [1.165, 1.54) is 25.7 Å². The van der Waals surface area contributed by atoms with Crippen LogP contribution in [0.5, 0.6) is 0 Å². The van der Waals surface area contributed by atoms with Crippen molar-refractivity contribution in [2.75, 3.05) is 0 Å². The lowest BCUT2D eigenvalue weighted by Crippen LogP contribution is -2.29. The van der Waals surface area contributed by atoms with Gasteiger partial charge in [0.05, 0.1) is 4.99 Å². The molecule has 1 aliphatic carbocycles. The number of hydrogen-bond donors (Lipinski definition) is 0. The van der Waals surface area contributed by atoms with Crippen LogP contribution in [0.4, 0.5) is 0 Å². The third-order valence-corrected chi connectivity index (χ3v) is 2.16. The first-order chi connectivity index (χ1) is 4.47. The first-order valence-electron chi connectivity index (χ1n) is 3.64. The predicted molar refractivity (Wildman–Crippen MR) is 35.3 cm³/mol. The molecular formula is C7H11NO+. The molecule has 9 heavy (non-hydrogen) atoms. The second kappa shape index (κ2) is 2.01. The maximum atomic E-state index is 5.27. The number of fused-ring (bicyclic) bond motifs is 1. The normalized spacial score (nSPS) is 40.0. The highest BCUT2D eigenvalue weighted by Crippen LogP contribution is 2.22. The number of hydrogen-bond acceptors (Lipinski definition) is 2. The molecule has 0 saturated heterocycles. The highest BCUT2D eigenvalue weighted by atomic mass is 16.5. The molecule has 49 valence electrons. The summed E-state index contributed by atoms with van der Waals surface area (Å²) in [6.45, 7) is 0. The van der Waals surface area contributed by atoms with Gasteiger partial charge >= 0.3 is 6.40 Å². The lowest BCUT2D eigenvalue weighted by atomic mass is 9.94. The molecule has 1 aliphatic heterocycles. The maximum absolute atomic E-state index is 5.27. The predicted octanol–water partition coefficient (Wildman–Crippen LogP) is 0.692. The number of rotatable bonds is 0. The molecule has 0 amide bonds. The van der Waals surface area contributed by atoms with Crippen molar-refractivity contribution >= 4 is 6.40 Å². The lowest BCUT2D eigenvalue weighted by molar-refractivity contribution is 0.155. The van der Waals surface area contributed by atoms with Gasteiger partial charge in [-0.25, -0.2) is 0 Å². The van der Waals surface area contributed by atoms with E-state index < -0.39 is 0 Å². The van der Waals surface area contributed by atoms with Crippen LogP contribution >= 0.6 is 0 Å². The molecule has 1 fully saturated rings. The van der Waals surface area contributed by atoms with Gasteiger partial charge in [-0.05, 0) is 19.3 Å². The first kappa shape index (κ1) is 5.27. The van der Waals surface area contributed by atoms with Gasteiger partial charge in [0.2, 0.25) is 0 Å². The summed E-state index contributed by atoms with van der Waals surface area (Å²) in [4.78, 5) is 4.21. The summed E-state index contributed by atoms with van der Waals surface area (Å²) in [5, 5.41) is 0. The maximum Gasteiger partial charge on any atom is 0.391 e. The van der Waals surface area contributed by atoms with Gasteiger partial charge in [-0.2, -0.15) is 0 Å². The van der Waals surface area contributed by atoms with Crippen molar-refractivity contribution in [3.05, 3.63) is 0 Å². The quantitative estimate of drug-likeness (QED) is 0.467. The van der Waals surface area contributed by atoms with E-state index in [1.54, 1.807) is 6.40 Å². The Bertz CT molecular complexity index is 133. The molecule has 0 aromatic heterocycles. The molecule has 2 heteroatoms. The molecule has 2 unspecified atom stereocenters. The van der Waals surface area contributed by atoms with Crippen LogP contribution < -0.4 is 4.99 Å². The smallest absolute Gasteiger partial charge is 0.391 e. The van der Waals surface area contributed by atoms with Crippen molar-refractivity contribution in [3.63, 3.8) is 0 Å². The third kappa shape index (κ3) is 0.824. The zero-order valence-electron chi connectivity index (χ0n) is 5.42. The fourth-order valence-electron chi connectivity index (χ4n) is 1.60. The number of aliphatic imine (C=N–C) groups is 1. The van der Waals surface area contributed by atoms with Gasteiger partial charge in [-0.15, -0.1) is 0 Å². The van der Waals surface area contributed by atoms with Gasteiger partial charge in [0.15, 0.2) is 6.10 Å². The summed E-state index contributed by atoms with van der Waals surface area (Å²) in [7, 11) is 0. The Morgan fingerprint density at radius 3 is 3.11 bits per heavy atom. The summed E-state index contributed by atoms with van der Waals surface area (Å²) in [6, 6.07) is 0.513. The monoisotopic (exact) mass is 125 g/mol. The van der Waals surface area contributed by atoms with Crippen molar-refractivity contribution in [3.8, 4) is 0 Å². The highest BCUT2D eigenvalue weighted by Gasteiger charge is 2.38. The second-order valence-corrected chi connectivity index (χ2v) is 2.78. The Balaban J connectivity index is 2.03. The summed E-state index contributed by atoms with van der Waals surface area (Å²) in [5.41, 5.74) is 0. The van der Waals surface area contributed by atoms with Gasteiger partial charge in [-0.3, -0.25) is 0 Å². The molecule has 1 saturated carbocycles. The van der Waals surface area contributed by atoms with Gasteiger partial charge in [0, 0.05) is 6.42 Å². The molecule has 2 atom stereocenters. The van der Waals surface area contributed by atoms with Gasteiger partial charge in [-0.1, -0.05) is 0 Å². The van der Waals surface area contributed by atoms with E-state index in [-0.39, 0.29) is 0 Å². The SMILES string of the molecule is C1=[N+]C2CCCCC2O1. The Morgan fingerprint density at radius 1 is 1.33 bits per heavy atom. The van der Waals surface area contributed by atoms with Crippen molar-refractivity contribution in [1.82, 2.24) is 4.99 Å². The largest absolute Gasteiger partial charge is 0.435 e. The Labute approximate surface area is 54.9 Å². The van der Waals surface area contributed by atoms with Gasteiger partial charge in [0.25, 0.3) is 6.04 Å². The van der Waals surface area contributed by atoms with E-state index in [0.29, 0.717) is 12.1 Å². The average molecular weight is 125 g/mol. The lowest BCUT2D eigenvalue weighted by Gasteiger charge is -2.14. The van der Waals surface area contributed by atoms with Crippen LogP contribution in [0, 0.1) is 0 Å². The van der Waals surface area contributed by atoms with Crippen LogP contribution in [-0.4, -0.2) is 18.5 Å². The Kier molecular flexibility index (Phi) is 1.18. The molecule has 1 radical (unpaired) electrons. The molecule has 0 bridgehead atoms.